The van der Waals surface area contributed by atoms with Crippen LogP contribution in [0, 0.1) is 0 Å². The molecular formula is C22H19NO2. The third-order valence-corrected chi connectivity index (χ3v) is 4.54. The topological polar surface area (TPSA) is 29.5 Å². The molecule has 0 unspecified atom stereocenters. The molecule has 1 amide bonds. The zero-order chi connectivity index (χ0) is 17.1. The molecule has 0 aromatic heterocycles. The Balaban J connectivity index is 1.68. The lowest BCUT2D eigenvalue weighted by molar-refractivity contribution is -0.129. The summed E-state index contributed by atoms with van der Waals surface area (Å²) in [6, 6.07) is 29.3. The summed E-state index contributed by atoms with van der Waals surface area (Å²) < 4.78 is 0. The van der Waals surface area contributed by atoms with Crippen molar-refractivity contribution >= 4 is 5.91 Å². The third-order valence-electron chi connectivity index (χ3n) is 4.54. The molecule has 0 aliphatic carbocycles. The van der Waals surface area contributed by atoms with E-state index in [-0.39, 0.29) is 18.1 Å². The normalized spacial score (nSPS) is 19.8. The van der Waals surface area contributed by atoms with Gasteiger partial charge in [-0.15, -0.1) is 0 Å². The molecule has 124 valence electrons. The van der Waals surface area contributed by atoms with E-state index in [0.29, 0.717) is 5.56 Å². The standard InChI is InChI=1S/C22H19NO2/c24-22(19-14-8-3-9-15-19)23-20(17-10-4-1-5-11-17)16-21(25-23)18-12-6-2-7-13-18/h1-15,20-21H,16H2/t20-,21-/m1/s1. The maximum Gasteiger partial charge on any atom is 0.278 e. The van der Waals surface area contributed by atoms with Gasteiger partial charge in [0.15, 0.2) is 0 Å². The van der Waals surface area contributed by atoms with Crippen molar-refractivity contribution in [2.75, 3.05) is 0 Å². The maximum atomic E-state index is 13.0. The fraction of sp³-hybridized carbons (Fsp3) is 0.136. The van der Waals surface area contributed by atoms with Gasteiger partial charge in [0.2, 0.25) is 0 Å². The van der Waals surface area contributed by atoms with Crippen molar-refractivity contribution in [1.29, 1.82) is 0 Å². The zero-order valence-corrected chi connectivity index (χ0v) is 13.8. The Hall–Kier alpha value is -2.91. The summed E-state index contributed by atoms with van der Waals surface area (Å²) in [5.74, 6) is -0.104. The average molecular weight is 329 g/mol. The Labute approximate surface area is 147 Å². The number of hydroxylamine groups is 2. The minimum atomic E-state index is -0.126. The summed E-state index contributed by atoms with van der Waals surface area (Å²) >= 11 is 0. The minimum Gasteiger partial charge on any atom is -0.267 e. The highest BCUT2D eigenvalue weighted by molar-refractivity contribution is 5.93. The van der Waals surface area contributed by atoms with Gasteiger partial charge in [0.25, 0.3) is 5.91 Å². The summed E-state index contributed by atoms with van der Waals surface area (Å²) in [6.45, 7) is 0. The van der Waals surface area contributed by atoms with Gasteiger partial charge in [-0.25, -0.2) is 5.06 Å². The van der Waals surface area contributed by atoms with Crippen LogP contribution in [-0.2, 0) is 4.84 Å². The van der Waals surface area contributed by atoms with Crippen LogP contribution in [0.25, 0.3) is 0 Å². The van der Waals surface area contributed by atoms with Gasteiger partial charge < -0.3 is 0 Å². The van der Waals surface area contributed by atoms with Crippen molar-refractivity contribution in [2.45, 2.75) is 18.6 Å². The molecule has 1 saturated heterocycles. The predicted octanol–water partition coefficient (Wildman–Crippen LogP) is 4.95. The number of carbonyl (C=O) groups excluding carboxylic acids is 1. The van der Waals surface area contributed by atoms with Gasteiger partial charge in [-0.1, -0.05) is 78.9 Å². The largest absolute Gasteiger partial charge is 0.278 e. The molecule has 2 atom stereocenters. The van der Waals surface area contributed by atoms with Crippen molar-refractivity contribution in [2.24, 2.45) is 0 Å². The Bertz CT molecular complexity index is 834. The molecule has 1 fully saturated rings. The van der Waals surface area contributed by atoms with Crippen molar-refractivity contribution in [1.82, 2.24) is 5.06 Å². The van der Waals surface area contributed by atoms with Gasteiger partial charge >= 0.3 is 0 Å². The smallest absolute Gasteiger partial charge is 0.267 e. The molecule has 25 heavy (non-hydrogen) atoms. The lowest BCUT2D eigenvalue weighted by Crippen LogP contribution is -2.29. The first kappa shape index (κ1) is 15.6. The van der Waals surface area contributed by atoms with Crippen LogP contribution in [0.15, 0.2) is 91.0 Å². The van der Waals surface area contributed by atoms with E-state index in [4.69, 9.17) is 4.84 Å². The molecule has 0 saturated carbocycles. The van der Waals surface area contributed by atoms with E-state index in [2.05, 4.69) is 0 Å². The van der Waals surface area contributed by atoms with Crippen LogP contribution in [0.4, 0.5) is 0 Å². The number of carbonyl (C=O) groups is 1. The summed E-state index contributed by atoms with van der Waals surface area (Å²) in [6.07, 6.45) is 0.617. The highest BCUT2D eigenvalue weighted by Gasteiger charge is 2.38. The fourth-order valence-electron chi connectivity index (χ4n) is 3.26. The first-order valence-corrected chi connectivity index (χ1v) is 8.48. The van der Waals surface area contributed by atoms with Crippen LogP contribution in [-0.4, -0.2) is 11.0 Å². The van der Waals surface area contributed by atoms with Crippen molar-refractivity contribution in [3.8, 4) is 0 Å². The summed E-state index contributed by atoms with van der Waals surface area (Å²) in [5, 5.41) is 1.54. The number of rotatable bonds is 3. The molecule has 3 nitrogen and oxygen atoms in total. The highest BCUT2D eigenvalue weighted by Crippen LogP contribution is 2.42. The number of amides is 1. The SMILES string of the molecule is O=C(c1ccccc1)N1O[C@@H](c2ccccc2)C[C@@H]1c1ccccc1. The molecule has 0 radical (unpaired) electrons. The number of hydrogen-bond donors (Lipinski definition) is 0. The van der Waals surface area contributed by atoms with Crippen molar-refractivity contribution < 1.29 is 9.63 Å². The summed E-state index contributed by atoms with van der Waals surface area (Å²) in [7, 11) is 0. The zero-order valence-electron chi connectivity index (χ0n) is 13.8. The van der Waals surface area contributed by atoms with Gasteiger partial charge in [0, 0.05) is 12.0 Å². The molecule has 0 spiro atoms. The van der Waals surface area contributed by atoms with Crippen LogP contribution >= 0.6 is 0 Å². The highest BCUT2D eigenvalue weighted by atomic mass is 16.7. The Morgan fingerprint density at radius 3 is 1.88 bits per heavy atom. The second kappa shape index (κ2) is 6.91. The molecule has 3 aromatic carbocycles. The maximum absolute atomic E-state index is 13.0. The molecule has 1 aliphatic rings. The predicted molar refractivity (Wildman–Crippen MR) is 96.7 cm³/mol. The first-order chi connectivity index (χ1) is 12.3. The van der Waals surface area contributed by atoms with E-state index >= 15 is 0 Å². The van der Waals surface area contributed by atoms with Crippen LogP contribution in [0.1, 0.15) is 40.1 Å². The molecule has 1 aliphatic heterocycles. The first-order valence-electron chi connectivity index (χ1n) is 8.48. The molecule has 1 heterocycles. The molecule has 3 heteroatoms. The van der Waals surface area contributed by atoms with E-state index in [1.54, 1.807) is 5.06 Å². The third kappa shape index (κ3) is 3.19. The van der Waals surface area contributed by atoms with Crippen molar-refractivity contribution in [3.05, 3.63) is 108 Å². The van der Waals surface area contributed by atoms with Crippen LogP contribution in [0.5, 0.6) is 0 Å². The Morgan fingerprint density at radius 2 is 1.28 bits per heavy atom. The van der Waals surface area contributed by atoms with Crippen LogP contribution < -0.4 is 0 Å². The second-order valence-corrected chi connectivity index (χ2v) is 6.16. The van der Waals surface area contributed by atoms with Crippen molar-refractivity contribution in [3.63, 3.8) is 0 Å². The number of nitrogens with zero attached hydrogens (tertiary/aromatic N) is 1. The van der Waals surface area contributed by atoms with E-state index in [1.165, 1.54) is 0 Å². The lowest BCUT2D eigenvalue weighted by Gasteiger charge is -2.23. The molecule has 0 N–H and O–H groups in total. The quantitative estimate of drug-likeness (QED) is 0.680. The number of hydrogen-bond acceptors (Lipinski definition) is 2. The Morgan fingerprint density at radius 1 is 0.760 bits per heavy atom. The van der Waals surface area contributed by atoms with Gasteiger partial charge in [-0.05, 0) is 23.3 Å². The molecule has 0 bridgehead atoms. The molecular weight excluding hydrogens is 310 g/mol. The van der Waals surface area contributed by atoms with Crippen LogP contribution in [0.3, 0.4) is 0 Å². The van der Waals surface area contributed by atoms with Crippen LogP contribution in [0.2, 0.25) is 0 Å². The average Bonchev–Trinajstić information content (AvgIpc) is 3.15. The second-order valence-electron chi connectivity index (χ2n) is 6.16. The monoisotopic (exact) mass is 329 g/mol. The van der Waals surface area contributed by atoms with Gasteiger partial charge in [-0.3, -0.25) is 9.63 Å². The molecule has 3 aromatic rings. The fourth-order valence-corrected chi connectivity index (χ4v) is 3.26. The lowest BCUT2D eigenvalue weighted by atomic mass is 9.98. The van der Waals surface area contributed by atoms with Gasteiger partial charge in [0.05, 0.1) is 6.04 Å². The van der Waals surface area contributed by atoms with E-state index in [9.17, 15) is 4.79 Å². The van der Waals surface area contributed by atoms with E-state index in [0.717, 1.165) is 17.5 Å². The minimum absolute atomic E-state index is 0.0980. The van der Waals surface area contributed by atoms with E-state index in [1.807, 2.05) is 91.0 Å². The Kier molecular flexibility index (Phi) is 4.32. The van der Waals surface area contributed by atoms with Gasteiger partial charge in [0.1, 0.15) is 6.10 Å². The summed E-state index contributed by atoms with van der Waals surface area (Å²) in [4.78, 5) is 19.1. The molecule has 4 rings (SSSR count). The van der Waals surface area contributed by atoms with E-state index < -0.39 is 0 Å². The summed E-state index contributed by atoms with van der Waals surface area (Å²) in [5.41, 5.74) is 2.81. The number of benzene rings is 3. The van der Waals surface area contributed by atoms with Gasteiger partial charge in [-0.2, -0.15) is 0 Å².